The van der Waals surface area contributed by atoms with Crippen molar-refractivity contribution in [2.45, 2.75) is 0 Å². The molecule has 148 valence electrons. The number of fused-ring (bicyclic) bond motifs is 2. The summed E-state index contributed by atoms with van der Waals surface area (Å²) in [4.78, 5) is 34.5. The largest absolute Gasteiger partial charge is 0.329 e. The summed E-state index contributed by atoms with van der Waals surface area (Å²) in [6, 6.07) is 3.39. The monoisotopic (exact) mass is 434 g/mol. The molecule has 0 radical (unpaired) electrons. The molecule has 0 saturated heterocycles. The molecular weight excluding hydrogens is 415 g/mol. The van der Waals surface area contributed by atoms with E-state index in [-0.39, 0.29) is 58.9 Å². The molecule has 1 heterocycles. The highest BCUT2D eigenvalue weighted by atomic mass is 35.5. The second kappa shape index (κ2) is 11.0. The number of rotatable bonds is 4. The number of halogens is 3. The molecule has 0 saturated carbocycles. The van der Waals surface area contributed by atoms with Crippen molar-refractivity contribution < 1.29 is 0 Å². The van der Waals surface area contributed by atoms with Gasteiger partial charge >= 0.3 is 0 Å². The fourth-order valence-electron chi connectivity index (χ4n) is 2.70. The molecule has 6 N–H and O–H groups in total. The summed E-state index contributed by atoms with van der Waals surface area (Å²) in [7, 11) is 0. The lowest BCUT2D eigenvalue weighted by molar-refractivity contribution is 0.939. The van der Waals surface area contributed by atoms with Gasteiger partial charge in [-0.25, -0.2) is 0 Å². The van der Waals surface area contributed by atoms with Crippen molar-refractivity contribution >= 4 is 58.8 Å². The molecule has 11 heteroatoms. The van der Waals surface area contributed by atoms with Crippen LogP contribution in [0.1, 0.15) is 0 Å². The van der Waals surface area contributed by atoms with Crippen LogP contribution in [-0.2, 0) is 0 Å². The zero-order valence-electron chi connectivity index (χ0n) is 14.2. The van der Waals surface area contributed by atoms with Crippen LogP contribution in [-0.4, -0.2) is 36.4 Å². The van der Waals surface area contributed by atoms with Crippen molar-refractivity contribution in [1.82, 2.24) is 10.2 Å². The van der Waals surface area contributed by atoms with Gasteiger partial charge in [-0.3, -0.25) is 19.6 Å². The van der Waals surface area contributed by atoms with Crippen molar-refractivity contribution in [3.05, 3.63) is 55.7 Å². The van der Waals surface area contributed by atoms with E-state index < -0.39 is 0 Å². The second-order valence-corrected chi connectivity index (χ2v) is 5.26. The average molecular weight is 436 g/mol. The summed E-state index contributed by atoms with van der Waals surface area (Å²) in [6.07, 6.45) is 2.96. The van der Waals surface area contributed by atoms with Crippen molar-refractivity contribution in [1.29, 1.82) is 0 Å². The second-order valence-electron chi connectivity index (χ2n) is 5.26. The summed E-state index contributed by atoms with van der Waals surface area (Å²) in [5.41, 5.74) is 10.5. The molecule has 0 unspecified atom stereocenters. The highest BCUT2D eigenvalue weighted by molar-refractivity contribution is 5.96. The molecule has 0 atom stereocenters. The van der Waals surface area contributed by atoms with Crippen LogP contribution in [0.25, 0.3) is 21.5 Å². The van der Waals surface area contributed by atoms with Gasteiger partial charge < -0.3 is 21.7 Å². The van der Waals surface area contributed by atoms with E-state index in [2.05, 4.69) is 20.2 Å². The van der Waals surface area contributed by atoms with Crippen LogP contribution in [0.5, 0.6) is 0 Å². The highest BCUT2D eigenvalue weighted by Gasteiger charge is 2.13. The van der Waals surface area contributed by atoms with Crippen molar-refractivity contribution in [3.8, 4) is 0 Å². The fourth-order valence-corrected chi connectivity index (χ4v) is 2.70. The third-order valence-corrected chi connectivity index (χ3v) is 3.73. The highest BCUT2D eigenvalue weighted by Crippen LogP contribution is 2.05. The standard InChI is InChI=1S/C16H18N6O2.3ClH/c17-3-5-19-11-1-2-12(20-6-4-18)14-13(11)15(23)9-7-21-22-8-10(9)16(14)24;;;/h1-2,7-8,21-22H,3-6,17-18H2;3*1H. The number of aromatic nitrogens is 2. The first-order chi connectivity index (χ1) is 11.7. The molecule has 3 rings (SSSR count). The van der Waals surface area contributed by atoms with Crippen molar-refractivity contribution in [2.24, 2.45) is 21.5 Å². The third-order valence-electron chi connectivity index (χ3n) is 3.73. The Labute approximate surface area is 172 Å². The van der Waals surface area contributed by atoms with E-state index in [1.807, 2.05) is 0 Å². The molecule has 0 aliphatic heterocycles. The van der Waals surface area contributed by atoms with Gasteiger partial charge in [-0.2, -0.15) is 0 Å². The molecule has 0 spiro atoms. The van der Waals surface area contributed by atoms with Gasteiger partial charge in [0, 0.05) is 25.5 Å². The maximum Gasteiger partial charge on any atom is 0.198 e. The summed E-state index contributed by atoms with van der Waals surface area (Å²) >= 11 is 0. The molecule has 27 heavy (non-hydrogen) atoms. The molecule has 3 aromatic rings. The Morgan fingerprint density at radius 1 is 0.741 bits per heavy atom. The Kier molecular flexibility index (Phi) is 10.2. The minimum atomic E-state index is -0.259. The van der Waals surface area contributed by atoms with Crippen molar-refractivity contribution in [3.63, 3.8) is 0 Å². The van der Waals surface area contributed by atoms with Crippen LogP contribution < -0.4 is 33.0 Å². The van der Waals surface area contributed by atoms with E-state index >= 15 is 0 Å². The van der Waals surface area contributed by atoms with Gasteiger partial charge in [0.05, 0.1) is 45.3 Å². The molecule has 0 fully saturated rings. The van der Waals surface area contributed by atoms with Crippen LogP contribution in [0.3, 0.4) is 0 Å². The number of H-pyrrole nitrogens is 2. The van der Waals surface area contributed by atoms with Crippen LogP contribution in [0, 0.1) is 0 Å². The van der Waals surface area contributed by atoms with Gasteiger partial charge in [0.2, 0.25) is 0 Å². The number of hydrogen-bond donors (Lipinski definition) is 4. The topological polar surface area (TPSA) is 142 Å². The average Bonchev–Trinajstić information content (AvgIpc) is 2.62. The van der Waals surface area contributed by atoms with Crippen LogP contribution in [0.15, 0.2) is 44.1 Å². The maximum atomic E-state index is 12.9. The van der Waals surface area contributed by atoms with Gasteiger partial charge in [0.15, 0.2) is 10.9 Å². The molecule has 0 bridgehead atoms. The molecule has 0 aliphatic rings. The molecular formula is C16H21Cl3N6O2. The van der Waals surface area contributed by atoms with Crippen LogP contribution >= 0.6 is 37.2 Å². The lowest BCUT2D eigenvalue weighted by Gasteiger charge is -2.03. The Morgan fingerprint density at radius 2 is 1.11 bits per heavy atom. The third kappa shape index (κ3) is 4.66. The van der Waals surface area contributed by atoms with E-state index in [4.69, 9.17) is 11.5 Å². The first-order valence-electron chi connectivity index (χ1n) is 7.62. The Bertz CT molecular complexity index is 1050. The summed E-state index contributed by atoms with van der Waals surface area (Å²) in [6.45, 7) is 1.45. The van der Waals surface area contributed by atoms with Crippen LogP contribution in [0.4, 0.5) is 0 Å². The maximum absolute atomic E-state index is 12.9. The van der Waals surface area contributed by atoms with E-state index in [1.54, 1.807) is 12.1 Å². The summed E-state index contributed by atoms with van der Waals surface area (Å²) < 4.78 is 0. The number of benzene rings is 2. The molecule has 1 aromatic heterocycles. The molecule has 0 amide bonds. The van der Waals surface area contributed by atoms with Gasteiger partial charge in [-0.15, -0.1) is 37.2 Å². The Balaban J connectivity index is 0.00000225. The number of hydrogen-bond acceptors (Lipinski definition) is 6. The summed E-state index contributed by atoms with van der Waals surface area (Å²) in [5.74, 6) is 0. The van der Waals surface area contributed by atoms with Gasteiger partial charge in [-0.05, 0) is 12.1 Å². The Morgan fingerprint density at radius 3 is 1.44 bits per heavy atom. The Hall–Kier alpha value is -1.97. The predicted octanol–water partition coefficient (Wildman–Crippen LogP) is -0.208. The predicted molar refractivity (Wildman–Crippen MR) is 115 cm³/mol. The molecule has 8 nitrogen and oxygen atoms in total. The number of aromatic amines is 2. The number of nitrogens with zero attached hydrogens (tertiary/aromatic N) is 2. The molecule has 0 aliphatic carbocycles. The molecule has 2 aromatic carbocycles. The first kappa shape index (κ1) is 25.0. The van der Waals surface area contributed by atoms with E-state index in [0.29, 0.717) is 47.7 Å². The number of nitrogens with two attached hydrogens (primary N) is 2. The lowest BCUT2D eigenvalue weighted by atomic mass is 10.0. The number of nitrogens with one attached hydrogen (secondary N) is 2. The summed E-state index contributed by atoms with van der Waals surface area (Å²) in [5, 5.41) is 7.54. The van der Waals surface area contributed by atoms with Crippen LogP contribution in [0.2, 0.25) is 0 Å². The lowest BCUT2D eigenvalue weighted by Crippen LogP contribution is -2.27. The minimum Gasteiger partial charge on any atom is -0.329 e. The van der Waals surface area contributed by atoms with Crippen molar-refractivity contribution in [2.75, 3.05) is 26.2 Å². The zero-order chi connectivity index (χ0) is 17.1. The first-order valence-corrected chi connectivity index (χ1v) is 7.62. The fraction of sp³-hybridized carbons (Fsp3) is 0.250. The van der Waals surface area contributed by atoms with Gasteiger partial charge in [0.1, 0.15) is 0 Å². The van der Waals surface area contributed by atoms with E-state index in [0.717, 1.165) is 0 Å². The van der Waals surface area contributed by atoms with E-state index in [9.17, 15) is 9.59 Å². The zero-order valence-corrected chi connectivity index (χ0v) is 16.7. The van der Waals surface area contributed by atoms with Gasteiger partial charge in [0.25, 0.3) is 0 Å². The van der Waals surface area contributed by atoms with E-state index in [1.165, 1.54) is 12.4 Å². The normalized spacial score (nSPS) is 11.8. The smallest absolute Gasteiger partial charge is 0.198 e. The minimum absolute atomic E-state index is 0. The SMILES string of the molecule is Cl.Cl.Cl.NCCN=c1ccc(=NCCN)c2c(=O)c3c[nH][nH]cc3c(=O)c12. The van der Waals surface area contributed by atoms with Gasteiger partial charge in [-0.1, -0.05) is 0 Å². The quantitative estimate of drug-likeness (QED) is 0.420.